The van der Waals surface area contributed by atoms with Crippen LogP contribution in [0.1, 0.15) is 46.6 Å². The van der Waals surface area contributed by atoms with Gasteiger partial charge in [-0.1, -0.05) is 42.0 Å². The number of Topliss-reactive ketones (excluding diaryl/α,β-unsaturated/α-hetero) is 2. The minimum absolute atomic E-state index is 0.0408. The molecule has 0 N–H and O–H groups in total. The van der Waals surface area contributed by atoms with Crippen LogP contribution >= 0.6 is 0 Å². The van der Waals surface area contributed by atoms with E-state index in [1.807, 2.05) is 19.1 Å². The second kappa shape index (κ2) is 7.22. The van der Waals surface area contributed by atoms with E-state index in [1.165, 1.54) is 11.1 Å². The van der Waals surface area contributed by atoms with E-state index in [0.717, 1.165) is 35.3 Å². The van der Waals surface area contributed by atoms with Crippen LogP contribution in [0.15, 0.2) is 36.4 Å². The predicted octanol–water partition coefficient (Wildman–Crippen LogP) is 4.11. The Balaban J connectivity index is 1.89. The molecule has 3 nitrogen and oxygen atoms in total. The van der Waals surface area contributed by atoms with Crippen LogP contribution in [-0.2, 0) is 22.4 Å². The summed E-state index contributed by atoms with van der Waals surface area (Å²) in [6.07, 6.45) is 2.45. The molecule has 0 aliphatic heterocycles. The van der Waals surface area contributed by atoms with Crippen molar-refractivity contribution in [2.75, 3.05) is 7.11 Å². The SMILES string of the molecule is COc1c(C)cc(C2C(=O)CCC2=O)cc1CCc1ccc(C)cc1. The summed E-state index contributed by atoms with van der Waals surface area (Å²) < 4.78 is 5.59. The molecule has 0 amide bonds. The molecule has 2 aromatic carbocycles. The topological polar surface area (TPSA) is 43.4 Å². The molecule has 1 aliphatic rings. The Morgan fingerprint density at radius 2 is 1.60 bits per heavy atom. The summed E-state index contributed by atoms with van der Waals surface area (Å²) in [7, 11) is 1.67. The van der Waals surface area contributed by atoms with E-state index in [9.17, 15) is 9.59 Å². The fraction of sp³-hybridized carbons (Fsp3) is 0.364. The van der Waals surface area contributed by atoms with Gasteiger partial charge >= 0.3 is 0 Å². The smallest absolute Gasteiger partial charge is 0.148 e. The summed E-state index contributed by atoms with van der Waals surface area (Å²) in [4.78, 5) is 24.2. The van der Waals surface area contributed by atoms with Gasteiger partial charge in [-0.05, 0) is 48.9 Å². The van der Waals surface area contributed by atoms with Crippen LogP contribution in [0.3, 0.4) is 0 Å². The maximum absolute atomic E-state index is 12.1. The van der Waals surface area contributed by atoms with Crippen LogP contribution in [0.2, 0.25) is 0 Å². The molecular weight excluding hydrogens is 312 g/mol. The van der Waals surface area contributed by atoms with Crippen LogP contribution in [0.25, 0.3) is 0 Å². The van der Waals surface area contributed by atoms with Gasteiger partial charge < -0.3 is 4.74 Å². The predicted molar refractivity (Wildman–Crippen MR) is 98.3 cm³/mol. The monoisotopic (exact) mass is 336 g/mol. The summed E-state index contributed by atoms with van der Waals surface area (Å²) >= 11 is 0. The van der Waals surface area contributed by atoms with Crippen molar-refractivity contribution in [3.63, 3.8) is 0 Å². The van der Waals surface area contributed by atoms with Crippen molar-refractivity contribution in [2.45, 2.75) is 45.4 Å². The van der Waals surface area contributed by atoms with E-state index < -0.39 is 5.92 Å². The number of ketones is 2. The minimum atomic E-state index is -0.581. The van der Waals surface area contributed by atoms with Gasteiger partial charge in [0.25, 0.3) is 0 Å². The standard InChI is InChI=1S/C22H24O3/c1-14-4-6-16(7-5-14)8-9-17-13-18(12-15(2)22(17)25-3)21-19(23)10-11-20(21)24/h4-7,12-13,21H,8-11H2,1-3H3. The van der Waals surface area contributed by atoms with Gasteiger partial charge in [0.2, 0.25) is 0 Å². The molecule has 3 heteroatoms. The van der Waals surface area contributed by atoms with E-state index in [4.69, 9.17) is 4.74 Å². The molecule has 0 heterocycles. The lowest BCUT2D eigenvalue weighted by Gasteiger charge is -2.16. The number of carbonyl (C=O) groups excluding carboxylic acids is 2. The van der Waals surface area contributed by atoms with Gasteiger partial charge in [0.15, 0.2) is 0 Å². The van der Waals surface area contributed by atoms with Crippen LogP contribution in [-0.4, -0.2) is 18.7 Å². The Hall–Kier alpha value is -2.42. The zero-order valence-corrected chi connectivity index (χ0v) is 15.1. The molecule has 130 valence electrons. The van der Waals surface area contributed by atoms with Gasteiger partial charge in [-0.15, -0.1) is 0 Å². The Labute approximate surface area is 149 Å². The first-order chi connectivity index (χ1) is 12.0. The maximum Gasteiger partial charge on any atom is 0.148 e. The van der Waals surface area contributed by atoms with E-state index in [2.05, 4.69) is 31.2 Å². The van der Waals surface area contributed by atoms with Gasteiger partial charge in [0.1, 0.15) is 23.2 Å². The molecule has 0 bridgehead atoms. The fourth-order valence-corrected chi connectivity index (χ4v) is 3.64. The van der Waals surface area contributed by atoms with Gasteiger partial charge in [-0.2, -0.15) is 0 Å². The number of hydrogen-bond acceptors (Lipinski definition) is 3. The van der Waals surface area contributed by atoms with Crippen LogP contribution in [0.5, 0.6) is 5.75 Å². The zero-order chi connectivity index (χ0) is 18.0. The van der Waals surface area contributed by atoms with Crippen molar-refractivity contribution in [2.24, 2.45) is 0 Å². The summed E-state index contributed by atoms with van der Waals surface area (Å²) in [5, 5.41) is 0. The molecule has 1 fully saturated rings. The van der Waals surface area contributed by atoms with Crippen molar-refractivity contribution >= 4 is 11.6 Å². The molecule has 0 atom stereocenters. The van der Waals surface area contributed by atoms with E-state index in [0.29, 0.717) is 12.8 Å². The number of methoxy groups -OCH3 is 1. The Bertz CT molecular complexity index is 787. The molecule has 3 rings (SSSR count). The van der Waals surface area contributed by atoms with Crippen LogP contribution < -0.4 is 4.74 Å². The van der Waals surface area contributed by atoms with Crippen LogP contribution in [0.4, 0.5) is 0 Å². The summed E-state index contributed by atoms with van der Waals surface area (Å²) in [5.74, 6) is 0.356. The average Bonchev–Trinajstić information content (AvgIpc) is 2.92. The van der Waals surface area contributed by atoms with E-state index >= 15 is 0 Å². The highest BCUT2D eigenvalue weighted by atomic mass is 16.5. The number of rotatable bonds is 5. The first-order valence-electron chi connectivity index (χ1n) is 8.78. The average molecular weight is 336 g/mol. The highest BCUT2D eigenvalue weighted by molar-refractivity contribution is 6.13. The second-order valence-electron chi connectivity index (χ2n) is 6.88. The maximum atomic E-state index is 12.1. The largest absolute Gasteiger partial charge is 0.496 e. The lowest BCUT2D eigenvalue weighted by molar-refractivity contribution is -0.123. The summed E-state index contributed by atoms with van der Waals surface area (Å²) in [5.41, 5.74) is 5.38. The number of ether oxygens (including phenoxy) is 1. The lowest BCUT2D eigenvalue weighted by atomic mass is 9.90. The molecular formula is C22H24O3. The Morgan fingerprint density at radius 3 is 2.20 bits per heavy atom. The van der Waals surface area contributed by atoms with Crippen molar-refractivity contribution < 1.29 is 14.3 Å². The molecule has 1 aliphatic carbocycles. The highest BCUT2D eigenvalue weighted by Crippen LogP contribution is 2.34. The normalized spacial score (nSPS) is 15.0. The minimum Gasteiger partial charge on any atom is -0.496 e. The third-order valence-electron chi connectivity index (χ3n) is 4.98. The van der Waals surface area contributed by atoms with Gasteiger partial charge in [-0.3, -0.25) is 9.59 Å². The first kappa shape index (κ1) is 17.4. The van der Waals surface area contributed by atoms with Gasteiger partial charge in [0, 0.05) is 12.8 Å². The van der Waals surface area contributed by atoms with Crippen LogP contribution in [0, 0.1) is 13.8 Å². The number of benzene rings is 2. The molecule has 25 heavy (non-hydrogen) atoms. The third kappa shape index (κ3) is 3.65. The van der Waals surface area contributed by atoms with Crippen molar-refractivity contribution in [1.82, 2.24) is 0 Å². The molecule has 0 radical (unpaired) electrons. The van der Waals surface area contributed by atoms with Gasteiger partial charge in [-0.25, -0.2) is 0 Å². The van der Waals surface area contributed by atoms with E-state index in [1.54, 1.807) is 7.11 Å². The zero-order valence-electron chi connectivity index (χ0n) is 15.1. The number of hydrogen-bond donors (Lipinski definition) is 0. The second-order valence-corrected chi connectivity index (χ2v) is 6.88. The van der Waals surface area contributed by atoms with E-state index in [-0.39, 0.29) is 11.6 Å². The number of carbonyl (C=O) groups is 2. The van der Waals surface area contributed by atoms with Crippen molar-refractivity contribution in [1.29, 1.82) is 0 Å². The molecule has 0 unspecified atom stereocenters. The lowest BCUT2D eigenvalue weighted by Crippen LogP contribution is -2.13. The van der Waals surface area contributed by atoms with Gasteiger partial charge in [0.05, 0.1) is 7.11 Å². The molecule has 0 spiro atoms. The molecule has 1 saturated carbocycles. The summed E-state index contributed by atoms with van der Waals surface area (Å²) in [6, 6.07) is 12.4. The Kier molecular flexibility index (Phi) is 5.03. The molecule has 0 aromatic heterocycles. The van der Waals surface area contributed by atoms with Crippen molar-refractivity contribution in [3.8, 4) is 5.75 Å². The number of aryl methyl sites for hydroxylation is 4. The Morgan fingerprint density at radius 1 is 0.960 bits per heavy atom. The quantitative estimate of drug-likeness (QED) is 0.772. The third-order valence-corrected chi connectivity index (χ3v) is 4.98. The highest BCUT2D eigenvalue weighted by Gasteiger charge is 2.34. The van der Waals surface area contributed by atoms with Crippen molar-refractivity contribution in [3.05, 3.63) is 64.2 Å². The summed E-state index contributed by atoms with van der Waals surface area (Å²) in [6.45, 7) is 4.05. The molecule has 0 saturated heterocycles. The molecule has 2 aromatic rings. The fourth-order valence-electron chi connectivity index (χ4n) is 3.64. The first-order valence-corrected chi connectivity index (χ1v) is 8.78.